The molecule has 0 aliphatic rings. The molecule has 6 heteroatoms. The molecule has 0 bridgehead atoms. The molecule has 0 radical (unpaired) electrons. The predicted octanol–water partition coefficient (Wildman–Crippen LogP) is 3.66. The third kappa shape index (κ3) is 4.52. The van der Waals surface area contributed by atoms with E-state index in [1.807, 2.05) is 0 Å². The normalized spacial score (nSPS) is 12.7. The van der Waals surface area contributed by atoms with Crippen LogP contribution in [0, 0.1) is 0 Å². The summed E-state index contributed by atoms with van der Waals surface area (Å²) in [7, 11) is 0. The molecule has 1 N–H and O–H groups in total. The first-order chi connectivity index (χ1) is 9.11. The third-order valence-electron chi connectivity index (χ3n) is 2.42. The lowest BCUT2D eigenvalue weighted by Gasteiger charge is -2.30. The highest BCUT2D eigenvalue weighted by Crippen LogP contribution is 2.24. The van der Waals surface area contributed by atoms with E-state index in [-0.39, 0.29) is 0 Å². The fraction of sp³-hybridized carbons (Fsp3) is 0.429. The molecule has 0 saturated heterocycles. The van der Waals surface area contributed by atoms with E-state index in [1.165, 1.54) is 6.92 Å². The number of hydrogen-bond donors (Lipinski definition) is 1. The molecule has 0 aliphatic carbocycles. The maximum atomic E-state index is 12.2. The molecule has 20 heavy (non-hydrogen) atoms. The Labute approximate surface area is 126 Å². The number of anilines is 1. The Morgan fingerprint density at radius 1 is 1.35 bits per heavy atom. The van der Waals surface area contributed by atoms with Gasteiger partial charge in [-0.2, -0.15) is 0 Å². The highest BCUT2D eigenvalue weighted by molar-refractivity contribution is 9.10. The highest BCUT2D eigenvalue weighted by Gasteiger charge is 2.31. The van der Waals surface area contributed by atoms with Crippen molar-refractivity contribution in [3.05, 3.63) is 28.7 Å². The molecule has 0 aromatic heterocycles. The van der Waals surface area contributed by atoms with E-state index in [0.29, 0.717) is 5.69 Å². The lowest BCUT2D eigenvalue weighted by atomic mass is 10.2. The van der Waals surface area contributed by atoms with Crippen LogP contribution < -0.4 is 4.90 Å². The molecule has 1 atom stereocenters. The number of aliphatic carboxylic acids is 1. The van der Waals surface area contributed by atoms with Crippen molar-refractivity contribution in [2.75, 3.05) is 4.90 Å². The number of carboxylic acids is 1. The molecule has 0 heterocycles. The molecule has 1 aromatic rings. The van der Waals surface area contributed by atoms with Crippen LogP contribution in [0.2, 0.25) is 0 Å². The summed E-state index contributed by atoms with van der Waals surface area (Å²) in [5.74, 6) is -1.10. The number of hydrogen-bond acceptors (Lipinski definition) is 3. The molecule has 0 saturated carbocycles. The zero-order valence-electron chi connectivity index (χ0n) is 11.9. The monoisotopic (exact) mass is 343 g/mol. The molecule has 1 aromatic carbocycles. The second kappa shape index (κ2) is 6.26. The zero-order chi connectivity index (χ0) is 15.5. The number of amides is 1. The number of carbonyl (C=O) groups excluding carboxylic acids is 1. The second-order valence-electron chi connectivity index (χ2n) is 5.34. The van der Waals surface area contributed by atoms with Crippen molar-refractivity contribution in [1.82, 2.24) is 0 Å². The Bertz CT molecular complexity index is 510. The maximum absolute atomic E-state index is 12.2. The van der Waals surface area contributed by atoms with Crippen molar-refractivity contribution in [3.63, 3.8) is 0 Å². The van der Waals surface area contributed by atoms with Crippen molar-refractivity contribution in [1.29, 1.82) is 0 Å². The summed E-state index contributed by atoms with van der Waals surface area (Å²) in [5.41, 5.74) is -0.233. The Morgan fingerprint density at radius 2 is 1.95 bits per heavy atom. The van der Waals surface area contributed by atoms with E-state index in [0.717, 1.165) is 9.37 Å². The van der Waals surface area contributed by atoms with Crippen LogP contribution in [0.4, 0.5) is 10.5 Å². The van der Waals surface area contributed by atoms with Crippen LogP contribution in [0.25, 0.3) is 0 Å². The standard InChI is InChI=1S/C14H18BrNO4/c1-9(12(17)18)16(13(19)20-14(2,3)4)11-7-5-6-10(15)8-11/h5-9H,1-4H3,(H,17,18). The topological polar surface area (TPSA) is 66.8 Å². The first-order valence-electron chi connectivity index (χ1n) is 6.12. The van der Waals surface area contributed by atoms with Crippen LogP contribution in [0.1, 0.15) is 27.7 Å². The van der Waals surface area contributed by atoms with Gasteiger partial charge in [0.05, 0.1) is 0 Å². The predicted molar refractivity (Wildman–Crippen MR) is 80.0 cm³/mol. The molecule has 0 spiro atoms. The van der Waals surface area contributed by atoms with E-state index in [2.05, 4.69) is 15.9 Å². The van der Waals surface area contributed by atoms with Crippen molar-refractivity contribution >= 4 is 33.7 Å². The minimum atomic E-state index is -1.10. The number of benzene rings is 1. The maximum Gasteiger partial charge on any atom is 0.415 e. The van der Waals surface area contributed by atoms with Crippen LogP contribution in [0.15, 0.2) is 28.7 Å². The summed E-state index contributed by atoms with van der Waals surface area (Å²) in [6.45, 7) is 6.63. The molecule has 1 rings (SSSR count). The molecule has 1 amide bonds. The number of halogens is 1. The van der Waals surface area contributed by atoms with Gasteiger partial charge in [-0.05, 0) is 45.9 Å². The van der Waals surface area contributed by atoms with Gasteiger partial charge in [0.15, 0.2) is 0 Å². The van der Waals surface area contributed by atoms with Crippen molar-refractivity contribution in [3.8, 4) is 0 Å². The van der Waals surface area contributed by atoms with Gasteiger partial charge in [-0.1, -0.05) is 22.0 Å². The van der Waals surface area contributed by atoms with E-state index in [4.69, 9.17) is 9.84 Å². The Balaban J connectivity index is 3.15. The van der Waals surface area contributed by atoms with Gasteiger partial charge in [0.1, 0.15) is 11.6 Å². The van der Waals surface area contributed by atoms with Gasteiger partial charge in [0, 0.05) is 10.2 Å². The SMILES string of the molecule is CC(C(=O)O)N(C(=O)OC(C)(C)C)c1cccc(Br)c1. The molecule has 0 aliphatic heterocycles. The summed E-state index contributed by atoms with van der Waals surface area (Å²) in [4.78, 5) is 24.6. The van der Waals surface area contributed by atoms with Gasteiger partial charge in [-0.15, -0.1) is 0 Å². The summed E-state index contributed by atoms with van der Waals surface area (Å²) < 4.78 is 6.02. The highest BCUT2D eigenvalue weighted by atomic mass is 79.9. The second-order valence-corrected chi connectivity index (χ2v) is 6.26. The van der Waals surface area contributed by atoms with E-state index in [1.54, 1.807) is 45.0 Å². The molecule has 1 unspecified atom stereocenters. The number of rotatable bonds is 3. The van der Waals surface area contributed by atoms with Crippen LogP contribution in [0.5, 0.6) is 0 Å². The van der Waals surface area contributed by atoms with E-state index < -0.39 is 23.7 Å². The number of nitrogens with zero attached hydrogens (tertiary/aromatic N) is 1. The Hall–Kier alpha value is -1.56. The van der Waals surface area contributed by atoms with Gasteiger partial charge in [0.25, 0.3) is 0 Å². The quantitative estimate of drug-likeness (QED) is 0.909. The molecule has 5 nitrogen and oxygen atoms in total. The molecule has 0 fully saturated rings. The molecular weight excluding hydrogens is 326 g/mol. The summed E-state index contributed by atoms with van der Waals surface area (Å²) in [5, 5.41) is 9.17. The number of carboxylic acid groups (broad SMARTS) is 1. The number of carbonyl (C=O) groups is 2. The van der Waals surface area contributed by atoms with Crippen LogP contribution in [-0.2, 0) is 9.53 Å². The largest absolute Gasteiger partial charge is 0.480 e. The van der Waals surface area contributed by atoms with E-state index >= 15 is 0 Å². The average Bonchev–Trinajstić information content (AvgIpc) is 2.26. The van der Waals surface area contributed by atoms with Gasteiger partial charge in [-0.3, -0.25) is 4.90 Å². The summed E-state index contributed by atoms with van der Waals surface area (Å²) in [6, 6.07) is 5.82. The minimum Gasteiger partial charge on any atom is -0.480 e. The lowest BCUT2D eigenvalue weighted by Crippen LogP contribution is -2.46. The Kier molecular flexibility index (Phi) is 5.16. The zero-order valence-corrected chi connectivity index (χ0v) is 13.5. The fourth-order valence-electron chi connectivity index (χ4n) is 1.53. The minimum absolute atomic E-state index is 0.462. The summed E-state index contributed by atoms with van der Waals surface area (Å²) >= 11 is 3.30. The third-order valence-corrected chi connectivity index (χ3v) is 2.91. The smallest absolute Gasteiger partial charge is 0.415 e. The van der Waals surface area contributed by atoms with Crippen LogP contribution >= 0.6 is 15.9 Å². The fourth-order valence-corrected chi connectivity index (χ4v) is 1.92. The Morgan fingerprint density at radius 3 is 2.40 bits per heavy atom. The lowest BCUT2D eigenvalue weighted by molar-refractivity contribution is -0.138. The van der Waals surface area contributed by atoms with Gasteiger partial charge < -0.3 is 9.84 Å². The van der Waals surface area contributed by atoms with Gasteiger partial charge >= 0.3 is 12.1 Å². The first kappa shape index (κ1) is 16.5. The van der Waals surface area contributed by atoms with Crippen molar-refractivity contribution in [2.24, 2.45) is 0 Å². The molecule has 110 valence electrons. The molecular formula is C14H18BrNO4. The van der Waals surface area contributed by atoms with Crippen LogP contribution in [-0.4, -0.2) is 28.8 Å². The average molecular weight is 344 g/mol. The van der Waals surface area contributed by atoms with Crippen LogP contribution in [0.3, 0.4) is 0 Å². The first-order valence-corrected chi connectivity index (χ1v) is 6.91. The van der Waals surface area contributed by atoms with E-state index in [9.17, 15) is 9.59 Å². The van der Waals surface area contributed by atoms with Crippen molar-refractivity contribution < 1.29 is 19.4 Å². The van der Waals surface area contributed by atoms with Gasteiger partial charge in [0.2, 0.25) is 0 Å². The number of ether oxygens (including phenoxy) is 1. The van der Waals surface area contributed by atoms with Gasteiger partial charge in [-0.25, -0.2) is 9.59 Å². The van der Waals surface area contributed by atoms with Crippen molar-refractivity contribution in [2.45, 2.75) is 39.3 Å². The summed E-state index contributed by atoms with van der Waals surface area (Å²) in [6.07, 6.45) is -0.689.